The summed E-state index contributed by atoms with van der Waals surface area (Å²) in [6.45, 7) is 4.28. The number of urea groups is 1. The predicted octanol–water partition coefficient (Wildman–Crippen LogP) is 6.19. The van der Waals surface area contributed by atoms with E-state index in [2.05, 4.69) is 30.4 Å². The number of hydrogen-bond donors (Lipinski definition) is 2. The van der Waals surface area contributed by atoms with Crippen molar-refractivity contribution in [3.8, 4) is 5.75 Å². The van der Waals surface area contributed by atoms with Crippen molar-refractivity contribution in [3.63, 3.8) is 0 Å². The zero-order chi connectivity index (χ0) is 28.8. The van der Waals surface area contributed by atoms with Gasteiger partial charge in [-0.1, -0.05) is 37.6 Å². The first-order valence-corrected chi connectivity index (χ1v) is 15.2. The summed E-state index contributed by atoms with van der Waals surface area (Å²) in [4.78, 5) is 32.7. The number of aryl methyl sites for hydroxylation is 2. The summed E-state index contributed by atoms with van der Waals surface area (Å²) in [5.41, 5.74) is 5.84. The number of aliphatic hydroxyl groups is 1. The highest BCUT2D eigenvalue weighted by molar-refractivity contribution is 6.02. The molecule has 2 aliphatic rings. The molecule has 3 aromatic rings. The summed E-state index contributed by atoms with van der Waals surface area (Å²) in [6, 6.07) is 12.3. The second-order valence-electron chi connectivity index (χ2n) is 11.7. The standard InChI is InChI=1S/C34H43N3O4/c1-3-4-15-35-34(40)37-16-13-26(14-17-37)28-19-29-27(12-11-23-5-9-25(22-38)10-6-23)30(32(39)18-24-7-8-24)21-36-31(29)20-33(28)41-2/h5-6,9-10,19-21,24,26,38H,3-4,7-8,11-18,22H2,1-2H3,(H,35,40). The first kappa shape index (κ1) is 29.1. The molecule has 1 saturated heterocycles. The van der Waals surface area contributed by atoms with Crippen LogP contribution < -0.4 is 10.1 Å². The minimum atomic E-state index is 0.0275. The average molecular weight is 558 g/mol. The van der Waals surface area contributed by atoms with Gasteiger partial charge in [0.15, 0.2) is 5.78 Å². The molecule has 2 heterocycles. The van der Waals surface area contributed by atoms with Crippen LogP contribution in [0.25, 0.3) is 10.9 Å². The molecule has 0 atom stereocenters. The number of methoxy groups -OCH3 is 1. The number of likely N-dealkylation sites (tertiary alicyclic amines) is 1. The van der Waals surface area contributed by atoms with Gasteiger partial charge in [-0.2, -0.15) is 0 Å². The zero-order valence-electron chi connectivity index (χ0n) is 24.5. The van der Waals surface area contributed by atoms with Crippen LogP contribution in [0.5, 0.6) is 5.75 Å². The minimum Gasteiger partial charge on any atom is -0.496 e. The SMILES string of the molecule is CCCCNC(=O)N1CCC(c2cc3c(CCc4ccc(CO)cc4)c(C(=O)CC4CC4)cnc3cc2OC)CC1. The lowest BCUT2D eigenvalue weighted by molar-refractivity contribution is 0.0975. The number of unbranched alkanes of at least 4 members (excludes halogenated alkanes) is 1. The van der Waals surface area contributed by atoms with Crippen LogP contribution in [0.3, 0.4) is 0 Å². The van der Waals surface area contributed by atoms with Crippen LogP contribution in [-0.2, 0) is 19.4 Å². The number of piperidine rings is 1. The lowest BCUT2D eigenvalue weighted by Gasteiger charge is -2.33. The number of carbonyl (C=O) groups is 2. The number of aromatic nitrogens is 1. The molecule has 7 nitrogen and oxygen atoms in total. The van der Waals surface area contributed by atoms with E-state index in [9.17, 15) is 14.7 Å². The molecule has 1 aliphatic carbocycles. The topological polar surface area (TPSA) is 91.8 Å². The molecule has 2 aromatic carbocycles. The number of fused-ring (bicyclic) bond motifs is 1. The van der Waals surface area contributed by atoms with Gasteiger partial charge in [0, 0.05) is 49.3 Å². The highest BCUT2D eigenvalue weighted by Crippen LogP contribution is 2.39. The molecule has 7 heteroatoms. The number of amides is 2. The molecule has 1 aromatic heterocycles. The fraction of sp³-hybridized carbons (Fsp3) is 0.500. The summed E-state index contributed by atoms with van der Waals surface area (Å²) >= 11 is 0. The van der Waals surface area contributed by atoms with Gasteiger partial charge in [0.05, 0.1) is 19.2 Å². The van der Waals surface area contributed by atoms with E-state index in [-0.39, 0.29) is 24.3 Å². The fourth-order valence-electron chi connectivity index (χ4n) is 5.95. The van der Waals surface area contributed by atoms with Gasteiger partial charge in [-0.3, -0.25) is 9.78 Å². The summed E-state index contributed by atoms with van der Waals surface area (Å²) in [7, 11) is 1.70. The largest absolute Gasteiger partial charge is 0.496 e. The van der Waals surface area contributed by atoms with Crippen molar-refractivity contribution in [1.82, 2.24) is 15.2 Å². The molecule has 41 heavy (non-hydrogen) atoms. The Morgan fingerprint density at radius 1 is 1.05 bits per heavy atom. The first-order chi connectivity index (χ1) is 20.0. The van der Waals surface area contributed by atoms with E-state index < -0.39 is 0 Å². The fourth-order valence-corrected chi connectivity index (χ4v) is 5.95. The number of Topliss-reactive ketones (excluding diaryl/α,β-unsaturated/α-hetero) is 1. The third-order valence-electron chi connectivity index (χ3n) is 8.70. The molecular weight excluding hydrogens is 514 g/mol. The highest BCUT2D eigenvalue weighted by atomic mass is 16.5. The lowest BCUT2D eigenvalue weighted by Crippen LogP contribution is -2.44. The molecule has 5 rings (SSSR count). The van der Waals surface area contributed by atoms with E-state index in [1.165, 1.54) is 5.56 Å². The quantitative estimate of drug-likeness (QED) is 0.205. The first-order valence-electron chi connectivity index (χ1n) is 15.2. The van der Waals surface area contributed by atoms with E-state index in [0.29, 0.717) is 25.4 Å². The van der Waals surface area contributed by atoms with Crippen molar-refractivity contribution >= 4 is 22.7 Å². The number of ether oxygens (including phenoxy) is 1. The monoisotopic (exact) mass is 557 g/mol. The van der Waals surface area contributed by atoms with Gasteiger partial charge in [0.25, 0.3) is 0 Å². The third kappa shape index (κ3) is 7.07. The smallest absolute Gasteiger partial charge is 0.317 e. The number of pyridine rings is 1. The van der Waals surface area contributed by atoms with E-state index in [4.69, 9.17) is 9.72 Å². The third-order valence-corrected chi connectivity index (χ3v) is 8.70. The van der Waals surface area contributed by atoms with E-state index in [1.54, 1.807) is 13.3 Å². The normalized spacial score (nSPS) is 15.7. The van der Waals surface area contributed by atoms with Crippen molar-refractivity contribution in [2.45, 2.75) is 77.2 Å². The van der Waals surface area contributed by atoms with Gasteiger partial charge in [0.2, 0.25) is 0 Å². The number of benzene rings is 2. The Morgan fingerprint density at radius 2 is 1.78 bits per heavy atom. The highest BCUT2D eigenvalue weighted by Gasteiger charge is 2.29. The molecule has 2 fully saturated rings. The van der Waals surface area contributed by atoms with Crippen LogP contribution >= 0.6 is 0 Å². The Balaban J connectivity index is 1.43. The predicted molar refractivity (Wildman–Crippen MR) is 162 cm³/mol. The van der Waals surface area contributed by atoms with Crippen LogP contribution in [0.4, 0.5) is 4.79 Å². The van der Waals surface area contributed by atoms with Gasteiger partial charge in [-0.05, 0) is 85.1 Å². The van der Waals surface area contributed by atoms with Crippen LogP contribution in [-0.4, -0.2) is 53.5 Å². The van der Waals surface area contributed by atoms with Crippen molar-refractivity contribution in [2.24, 2.45) is 5.92 Å². The Morgan fingerprint density at radius 3 is 2.44 bits per heavy atom. The number of nitrogens with zero attached hydrogens (tertiary/aromatic N) is 2. The van der Waals surface area contributed by atoms with E-state index in [0.717, 1.165) is 96.8 Å². The maximum Gasteiger partial charge on any atom is 0.317 e. The molecule has 0 bridgehead atoms. The van der Waals surface area contributed by atoms with E-state index in [1.807, 2.05) is 23.1 Å². The molecule has 0 spiro atoms. The zero-order valence-corrected chi connectivity index (χ0v) is 24.5. The minimum absolute atomic E-state index is 0.0275. The molecule has 1 aliphatic heterocycles. The number of carbonyl (C=O) groups excluding carboxylic acids is 2. The summed E-state index contributed by atoms with van der Waals surface area (Å²) in [6.07, 6.45) is 9.93. The number of rotatable bonds is 12. The van der Waals surface area contributed by atoms with E-state index >= 15 is 0 Å². The van der Waals surface area contributed by atoms with Crippen LogP contribution in [0, 0.1) is 5.92 Å². The van der Waals surface area contributed by atoms with Gasteiger partial charge in [-0.15, -0.1) is 0 Å². The second kappa shape index (κ2) is 13.5. The van der Waals surface area contributed by atoms with Crippen molar-refractivity contribution in [3.05, 3.63) is 70.4 Å². The van der Waals surface area contributed by atoms with Crippen LogP contribution in [0.15, 0.2) is 42.6 Å². The lowest BCUT2D eigenvalue weighted by atomic mass is 9.86. The Hall–Kier alpha value is -3.45. The maximum atomic E-state index is 13.4. The molecule has 1 saturated carbocycles. The summed E-state index contributed by atoms with van der Waals surface area (Å²) in [5.74, 6) is 1.78. The molecule has 0 radical (unpaired) electrons. The van der Waals surface area contributed by atoms with Gasteiger partial charge in [0.1, 0.15) is 5.75 Å². The number of hydrogen-bond acceptors (Lipinski definition) is 5. The molecule has 218 valence electrons. The number of aliphatic hydroxyl groups excluding tert-OH is 1. The average Bonchev–Trinajstić information content (AvgIpc) is 3.83. The molecule has 0 unspecified atom stereocenters. The van der Waals surface area contributed by atoms with Crippen LogP contribution in [0.2, 0.25) is 0 Å². The Bertz CT molecular complexity index is 1360. The van der Waals surface area contributed by atoms with Gasteiger partial charge in [-0.25, -0.2) is 4.79 Å². The maximum absolute atomic E-state index is 13.4. The van der Waals surface area contributed by atoms with Crippen LogP contribution in [0.1, 0.15) is 90.4 Å². The number of ketones is 1. The Kier molecular flexibility index (Phi) is 9.55. The molecule has 2 amide bonds. The van der Waals surface area contributed by atoms with Crippen molar-refractivity contribution < 1.29 is 19.4 Å². The summed E-state index contributed by atoms with van der Waals surface area (Å²) in [5, 5.41) is 13.5. The van der Waals surface area contributed by atoms with Gasteiger partial charge >= 0.3 is 6.03 Å². The Labute approximate surface area is 243 Å². The molecule has 2 N–H and O–H groups in total. The number of nitrogens with one attached hydrogen (secondary N) is 1. The molecular formula is C34H43N3O4. The van der Waals surface area contributed by atoms with Crippen molar-refractivity contribution in [1.29, 1.82) is 0 Å². The summed E-state index contributed by atoms with van der Waals surface area (Å²) < 4.78 is 5.86. The van der Waals surface area contributed by atoms with Crippen molar-refractivity contribution in [2.75, 3.05) is 26.7 Å². The second-order valence-corrected chi connectivity index (χ2v) is 11.7. The van der Waals surface area contributed by atoms with Gasteiger partial charge < -0.3 is 20.1 Å².